The van der Waals surface area contributed by atoms with E-state index in [1.54, 1.807) is 11.0 Å². The van der Waals surface area contributed by atoms with Crippen LogP contribution in [-0.4, -0.2) is 74.7 Å². The van der Waals surface area contributed by atoms with Gasteiger partial charge in [-0.1, -0.05) is 69.1 Å². The number of para-hydroxylation sites is 1. The maximum absolute atomic E-state index is 12.1. The average Bonchev–Trinajstić information content (AvgIpc) is 3.40. The molecule has 1 heterocycles. The van der Waals surface area contributed by atoms with Crippen LogP contribution in [-0.2, 0) is 30.7 Å². The van der Waals surface area contributed by atoms with Gasteiger partial charge in [-0.25, -0.2) is 4.79 Å². The number of ether oxygens (including phenoxy) is 2. The minimum atomic E-state index is -4.10. The third kappa shape index (κ3) is 15.1. The maximum atomic E-state index is 12.1. The highest BCUT2D eigenvalue weighted by molar-refractivity contribution is 7.51. The van der Waals surface area contributed by atoms with Gasteiger partial charge >= 0.3 is 19.3 Å². The molecule has 3 rings (SSSR count). The van der Waals surface area contributed by atoms with Crippen LogP contribution in [0.15, 0.2) is 39.5 Å². The van der Waals surface area contributed by atoms with Gasteiger partial charge in [-0.05, 0) is 51.3 Å². The molecule has 50 heavy (non-hydrogen) atoms. The largest absolute Gasteiger partial charge is 0.489 e. The monoisotopic (exact) mass is 782 g/mol. The zero-order valence-corrected chi connectivity index (χ0v) is 32.5. The van der Waals surface area contributed by atoms with E-state index >= 15 is 0 Å². The Labute approximate surface area is 306 Å². The number of carbonyl (C=O) groups excluding carboxylic acids is 1. The fraction of sp³-hybridized carbons (Fsp3) is 0.500. The summed E-state index contributed by atoms with van der Waals surface area (Å²) < 4.78 is 27.4. The number of aromatic nitrogens is 2. The van der Waals surface area contributed by atoms with E-state index < -0.39 is 32.2 Å². The molecule has 0 saturated carbocycles. The number of benzene rings is 2. The molecule has 0 aliphatic rings. The number of carboxylic acid groups (broad SMARTS) is 1. The van der Waals surface area contributed by atoms with Crippen LogP contribution >= 0.6 is 42.4 Å². The predicted molar refractivity (Wildman–Crippen MR) is 194 cm³/mol. The van der Waals surface area contributed by atoms with Gasteiger partial charge < -0.3 is 28.8 Å². The first-order valence-corrected chi connectivity index (χ1v) is 18.5. The molecular formula is C32H46Cl3N4O10P. The molecule has 4 N–H and O–H groups in total. The molecule has 14 nitrogen and oxygen atoms in total. The summed E-state index contributed by atoms with van der Waals surface area (Å²) in [6.07, 6.45) is 0.208. The molecule has 3 aromatic rings. The SMILES string of the molecule is CC(C)Oc1cc(-n2nc(C(C)(C)C)oc2=O)c(Cl)cc1Cl.CCOCN(C(=O)CCl)c1c(C)cccc1CC.O=C(O)CNCP(=O)(O)O. The molecule has 0 fully saturated rings. The second-order valence-electron chi connectivity index (χ2n) is 11.9. The summed E-state index contributed by atoms with van der Waals surface area (Å²) in [6.45, 7) is 15.8. The summed E-state index contributed by atoms with van der Waals surface area (Å²) in [5.41, 5.74) is 3.10. The molecule has 1 aromatic heterocycles. The predicted octanol–water partition coefficient (Wildman–Crippen LogP) is 6.14. The number of hydrogen-bond acceptors (Lipinski definition) is 9. The van der Waals surface area contributed by atoms with Crippen molar-refractivity contribution in [1.82, 2.24) is 15.1 Å². The number of carboxylic acids is 1. The Balaban J connectivity index is 0.000000402. The summed E-state index contributed by atoms with van der Waals surface area (Å²) in [6, 6.07) is 9.13. The average molecular weight is 784 g/mol. The fourth-order valence-electron chi connectivity index (χ4n) is 3.97. The van der Waals surface area contributed by atoms with E-state index in [1.165, 1.54) is 6.07 Å². The number of halogens is 3. The van der Waals surface area contributed by atoms with Gasteiger partial charge in [0, 0.05) is 18.1 Å². The lowest BCUT2D eigenvalue weighted by Crippen LogP contribution is -2.35. The number of anilines is 1. The minimum Gasteiger partial charge on any atom is -0.489 e. The van der Waals surface area contributed by atoms with Gasteiger partial charge in [-0.2, -0.15) is 4.68 Å². The lowest BCUT2D eigenvalue weighted by atomic mass is 9.97. The van der Waals surface area contributed by atoms with Crippen molar-refractivity contribution in [3.05, 3.63) is 67.9 Å². The third-order valence-electron chi connectivity index (χ3n) is 6.19. The van der Waals surface area contributed by atoms with Crippen molar-refractivity contribution in [2.45, 2.75) is 73.3 Å². The Hall–Kier alpha value is -2.94. The number of nitrogens with one attached hydrogen (secondary N) is 1. The summed E-state index contributed by atoms with van der Waals surface area (Å²) in [7, 11) is -4.10. The van der Waals surface area contributed by atoms with Crippen LogP contribution in [0.25, 0.3) is 5.69 Å². The highest BCUT2D eigenvalue weighted by atomic mass is 35.5. The van der Waals surface area contributed by atoms with Crippen LogP contribution in [0.4, 0.5) is 5.69 Å². The fourth-order valence-corrected chi connectivity index (χ4v) is 5.03. The number of amides is 1. The number of aliphatic carboxylic acids is 1. The van der Waals surface area contributed by atoms with Crippen molar-refractivity contribution < 1.29 is 42.9 Å². The normalized spacial score (nSPS) is 11.3. The Kier molecular flexibility index (Phi) is 18.8. The van der Waals surface area contributed by atoms with E-state index in [-0.39, 0.29) is 35.1 Å². The first-order valence-electron chi connectivity index (χ1n) is 15.4. The molecule has 1 amide bonds. The number of rotatable bonds is 13. The van der Waals surface area contributed by atoms with Crippen molar-refractivity contribution in [2.75, 3.05) is 36.9 Å². The molecule has 0 atom stereocenters. The van der Waals surface area contributed by atoms with E-state index in [0.717, 1.165) is 27.9 Å². The number of carbonyl (C=O) groups is 2. The third-order valence-corrected chi connectivity index (χ3v) is 7.65. The maximum Gasteiger partial charge on any atom is 0.442 e. The van der Waals surface area contributed by atoms with Gasteiger partial charge in [0.2, 0.25) is 11.8 Å². The van der Waals surface area contributed by atoms with Crippen LogP contribution < -0.4 is 20.7 Å². The molecule has 0 aliphatic heterocycles. The number of nitrogens with zero attached hydrogens (tertiary/aromatic N) is 3. The van der Waals surface area contributed by atoms with E-state index in [4.69, 9.17) is 63.6 Å². The number of hydrogen-bond donors (Lipinski definition) is 4. The van der Waals surface area contributed by atoms with Gasteiger partial charge in [0.15, 0.2) is 0 Å². The molecule has 0 radical (unpaired) electrons. The first-order chi connectivity index (χ1) is 23.2. The van der Waals surface area contributed by atoms with E-state index in [1.807, 2.05) is 66.7 Å². The van der Waals surface area contributed by atoms with Crippen LogP contribution in [0.5, 0.6) is 5.75 Å². The molecule has 18 heteroatoms. The van der Waals surface area contributed by atoms with Gasteiger partial charge in [-0.15, -0.1) is 16.7 Å². The highest BCUT2D eigenvalue weighted by Crippen LogP contribution is 2.34. The molecule has 280 valence electrons. The van der Waals surface area contributed by atoms with Gasteiger partial charge in [-0.3, -0.25) is 24.4 Å². The van der Waals surface area contributed by atoms with E-state index in [2.05, 4.69) is 17.3 Å². The molecule has 2 aromatic carbocycles. The molecule has 0 unspecified atom stereocenters. The Bertz CT molecular complexity index is 1670. The topological polar surface area (TPSA) is 194 Å². The molecule has 0 saturated heterocycles. The molecule has 0 bridgehead atoms. The van der Waals surface area contributed by atoms with Crippen molar-refractivity contribution in [3.63, 3.8) is 0 Å². The number of aryl methyl sites for hydroxylation is 2. The first kappa shape index (κ1) is 45.1. The van der Waals surface area contributed by atoms with Crippen molar-refractivity contribution in [3.8, 4) is 11.4 Å². The highest BCUT2D eigenvalue weighted by Gasteiger charge is 2.24. The summed E-state index contributed by atoms with van der Waals surface area (Å²) in [5, 5.41) is 14.9. The van der Waals surface area contributed by atoms with Crippen molar-refractivity contribution >= 4 is 60.0 Å². The van der Waals surface area contributed by atoms with Crippen LogP contribution in [0, 0.1) is 6.92 Å². The lowest BCUT2D eigenvalue weighted by Gasteiger charge is -2.25. The Morgan fingerprint density at radius 2 is 1.78 bits per heavy atom. The zero-order chi connectivity index (χ0) is 38.4. The van der Waals surface area contributed by atoms with Gasteiger partial charge in [0.25, 0.3) is 0 Å². The van der Waals surface area contributed by atoms with Gasteiger partial charge in [0.1, 0.15) is 18.4 Å². The smallest absolute Gasteiger partial charge is 0.442 e. The van der Waals surface area contributed by atoms with Gasteiger partial charge in [0.05, 0.1) is 40.4 Å². The van der Waals surface area contributed by atoms with E-state index in [0.29, 0.717) is 29.0 Å². The minimum absolute atomic E-state index is 0.0371. The molecule has 0 spiro atoms. The second-order valence-corrected chi connectivity index (χ2v) is 14.6. The molecule has 0 aliphatic carbocycles. The summed E-state index contributed by atoms with van der Waals surface area (Å²) in [5.74, 6) is -1.16. The standard InChI is InChI=1S/C15H18Cl2N2O3.C14H20ClNO2.C3H8NO5P/c1-8(2)21-12-7-11(9(16)6-10(12)17)19-14(20)22-13(18-19)15(3,4)5;1-4-12-8-6-7-11(3)14(12)16(10-18-5-2)13(17)9-15;5-3(6)1-4-2-10(7,8)9/h6-8H,1-5H3;6-8H,4-5,9-10H2,1-3H3;4H,1-2H2,(H,5,6)(H2,7,8,9). The van der Waals surface area contributed by atoms with Crippen LogP contribution in [0.2, 0.25) is 10.0 Å². The zero-order valence-electron chi connectivity index (χ0n) is 29.3. The lowest BCUT2D eigenvalue weighted by molar-refractivity contribution is -0.135. The van der Waals surface area contributed by atoms with Crippen LogP contribution in [0.3, 0.4) is 0 Å². The Morgan fingerprint density at radius 1 is 1.14 bits per heavy atom. The quantitative estimate of drug-likeness (QED) is 0.0881. The Morgan fingerprint density at radius 3 is 2.26 bits per heavy atom. The van der Waals surface area contributed by atoms with Crippen molar-refractivity contribution in [2.24, 2.45) is 0 Å². The van der Waals surface area contributed by atoms with Crippen molar-refractivity contribution in [1.29, 1.82) is 0 Å². The number of alkyl halides is 1. The summed E-state index contributed by atoms with van der Waals surface area (Å²) in [4.78, 5) is 51.8. The second kappa shape index (κ2) is 20.8. The van der Waals surface area contributed by atoms with Crippen LogP contribution in [0.1, 0.15) is 65.5 Å². The summed E-state index contributed by atoms with van der Waals surface area (Å²) >= 11 is 18.0. The molecular weight excluding hydrogens is 738 g/mol. The van der Waals surface area contributed by atoms with E-state index in [9.17, 15) is 18.9 Å².